The van der Waals surface area contributed by atoms with Crippen molar-refractivity contribution >= 4 is 17.2 Å². The summed E-state index contributed by atoms with van der Waals surface area (Å²) >= 11 is 1.48. The number of amides is 1. The summed E-state index contributed by atoms with van der Waals surface area (Å²) < 4.78 is 0. The van der Waals surface area contributed by atoms with Crippen molar-refractivity contribution in [2.24, 2.45) is 11.8 Å². The van der Waals surface area contributed by atoms with E-state index >= 15 is 0 Å². The van der Waals surface area contributed by atoms with Gasteiger partial charge in [-0.05, 0) is 29.9 Å². The van der Waals surface area contributed by atoms with E-state index in [9.17, 15) is 4.79 Å². The monoisotopic (exact) mass is 327 g/mol. The van der Waals surface area contributed by atoms with Crippen LogP contribution in [-0.2, 0) is 6.54 Å². The summed E-state index contributed by atoms with van der Waals surface area (Å²) in [7, 11) is 0. The predicted molar refractivity (Wildman–Crippen MR) is 91.5 cm³/mol. The Morgan fingerprint density at radius 3 is 2.61 bits per heavy atom. The molecule has 2 atom stereocenters. The van der Waals surface area contributed by atoms with Gasteiger partial charge in [-0.3, -0.25) is 9.69 Å². The van der Waals surface area contributed by atoms with E-state index in [-0.39, 0.29) is 5.91 Å². The average molecular weight is 327 g/mol. The van der Waals surface area contributed by atoms with Gasteiger partial charge in [0.05, 0.1) is 5.51 Å². The Hall–Kier alpha value is -1.72. The lowest BCUT2D eigenvalue weighted by Crippen LogP contribution is -2.33. The van der Waals surface area contributed by atoms with E-state index in [1.807, 2.05) is 10.3 Å². The lowest BCUT2D eigenvalue weighted by molar-refractivity contribution is 0.0768. The van der Waals surface area contributed by atoms with Crippen molar-refractivity contribution in [3.63, 3.8) is 0 Å². The zero-order valence-electron chi connectivity index (χ0n) is 13.3. The second-order valence-corrected chi connectivity index (χ2v) is 7.44. The first-order valence-electron chi connectivity index (χ1n) is 8.15. The highest BCUT2D eigenvalue weighted by molar-refractivity contribution is 7.07. The van der Waals surface area contributed by atoms with Crippen LogP contribution in [0.25, 0.3) is 0 Å². The van der Waals surface area contributed by atoms with Gasteiger partial charge in [0.25, 0.3) is 5.91 Å². The molecule has 1 aromatic heterocycles. The van der Waals surface area contributed by atoms with Crippen LogP contribution in [0.3, 0.4) is 0 Å². The number of thiazole rings is 1. The standard InChI is InChI=1S/C18H21N3OS/c1-13-4-2-3-5-14(13)6-20-7-15-9-21(10-16(15)8-20)18(22)17-11-23-12-19-17/h2-5,11-12,15-16H,6-10H2,1H3/t15-,16-/m1/s1. The van der Waals surface area contributed by atoms with Crippen LogP contribution >= 0.6 is 11.3 Å². The van der Waals surface area contributed by atoms with Gasteiger partial charge in [-0.15, -0.1) is 11.3 Å². The van der Waals surface area contributed by atoms with Gasteiger partial charge in [-0.2, -0.15) is 0 Å². The van der Waals surface area contributed by atoms with Crippen LogP contribution in [0.5, 0.6) is 0 Å². The summed E-state index contributed by atoms with van der Waals surface area (Å²) in [5.74, 6) is 1.33. The number of likely N-dealkylation sites (tertiary alicyclic amines) is 2. The largest absolute Gasteiger partial charge is 0.337 e. The van der Waals surface area contributed by atoms with Crippen molar-refractivity contribution in [3.05, 3.63) is 52.0 Å². The van der Waals surface area contributed by atoms with Crippen molar-refractivity contribution < 1.29 is 4.79 Å². The van der Waals surface area contributed by atoms with Gasteiger partial charge in [-0.25, -0.2) is 4.98 Å². The highest BCUT2D eigenvalue weighted by Gasteiger charge is 2.41. The van der Waals surface area contributed by atoms with Crippen LogP contribution in [0.15, 0.2) is 35.2 Å². The minimum Gasteiger partial charge on any atom is -0.337 e. The Kier molecular flexibility index (Phi) is 3.91. The SMILES string of the molecule is Cc1ccccc1CN1C[C@@H]2CN(C(=O)c3cscn3)C[C@H]2C1. The first-order chi connectivity index (χ1) is 11.2. The molecule has 0 N–H and O–H groups in total. The third kappa shape index (κ3) is 2.91. The molecule has 0 unspecified atom stereocenters. The van der Waals surface area contributed by atoms with E-state index in [0.717, 1.165) is 32.7 Å². The van der Waals surface area contributed by atoms with Crippen LogP contribution in [-0.4, -0.2) is 46.9 Å². The smallest absolute Gasteiger partial charge is 0.273 e. The highest BCUT2D eigenvalue weighted by atomic mass is 32.1. The molecule has 0 radical (unpaired) electrons. The second-order valence-electron chi connectivity index (χ2n) is 6.72. The van der Waals surface area contributed by atoms with E-state index in [2.05, 4.69) is 41.1 Å². The van der Waals surface area contributed by atoms with Crippen molar-refractivity contribution in [1.82, 2.24) is 14.8 Å². The van der Waals surface area contributed by atoms with Gasteiger partial charge in [0.15, 0.2) is 0 Å². The number of rotatable bonds is 3. The number of aryl methyl sites for hydroxylation is 1. The summed E-state index contributed by atoms with van der Waals surface area (Å²) in [5, 5.41) is 1.85. The number of nitrogens with zero attached hydrogens (tertiary/aromatic N) is 3. The molecule has 2 aliphatic heterocycles. The molecule has 1 aromatic carbocycles. The average Bonchev–Trinajstić information content (AvgIpc) is 3.24. The van der Waals surface area contributed by atoms with Crippen molar-refractivity contribution in [2.75, 3.05) is 26.2 Å². The topological polar surface area (TPSA) is 36.4 Å². The molecule has 0 aliphatic carbocycles. The van der Waals surface area contributed by atoms with E-state index in [0.29, 0.717) is 17.5 Å². The van der Waals surface area contributed by atoms with Gasteiger partial charge in [0.1, 0.15) is 5.69 Å². The maximum Gasteiger partial charge on any atom is 0.273 e. The fraction of sp³-hybridized carbons (Fsp3) is 0.444. The summed E-state index contributed by atoms with van der Waals surface area (Å²) in [6.07, 6.45) is 0. The molecule has 0 bridgehead atoms. The van der Waals surface area contributed by atoms with E-state index < -0.39 is 0 Å². The molecule has 0 spiro atoms. The fourth-order valence-corrected chi connectivity index (χ4v) is 4.42. The number of carbonyl (C=O) groups excluding carboxylic acids is 1. The molecule has 2 saturated heterocycles. The highest BCUT2D eigenvalue weighted by Crippen LogP contribution is 2.32. The van der Waals surface area contributed by atoms with Gasteiger partial charge in [0.2, 0.25) is 0 Å². The lowest BCUT2D eigenvalue weighted by atomic mass is 10.0. The third-order valence-corrected chi connectivity index (χ3v) is 5.74. The van der Waals surface area contributed by atoms with E-state index in [1.165, 1.54) is 22.5 Å². The van der Waals surface area contributed by atoms with Crippen LogP contribution in [0.4, 0.5) is 0 Å². The Morgan fingerprint density at radius 2 is 1.96 bits per heavy atom. The van der Waals surface area contributed by atoms with Crippen molar-refractivity contribution in [2.45, 2.75) is 13.5 Å². The van der Waals surface area contributed by atoms with Gasteiger partial charge >= 0.3 is 0 Å². The van der Waals surface area contributed by atoms with E-state index in [1.54, 1.807) is 5.51 Å². The molecule has 0 saturated carbocycles. The lowest BCUT2D eigenvalue weighted by Gasteiger charge is -2.21. The zero-order chi connectivity index (χ0) is 15.8. The van der Waals surface area contributed by atoms with Gasteiger partial charge in [0, 0.05) is 38.1 Å². The normalized spacial score (nSPS) is 24.1. The molecule has 2 fully saturated rings. The summed E-state index contributed by atoms with van der Waals surface area (Å²) in [6, 6.07) is 8.62. The number of carbonyl (C=O) groups is 1. The molecule has 3 heterocycles. The molecule has 2 aromatic rings. The number of benzene rings is 1. The first-order valence-corrected chi connectivity index (χ1v) is 9.09. The van der Waals surface area contributed by atoms with Crippen LogP contribution in [0.2, 0.25) is 0 Å². The maximum atomic E-state index is 12.4. The quantitative estimate of drug-likeness (QED) is 0.869. The number of fused-ring (bicyclic) bond motifs is 1. The predicted octanol–water partition coefficient (Wildman–Crippen LogP) is 2.66. The minimum atomic E-state index is 0.103. The molecule has 4 rings (SSSR count). The summed E-state index contributed by atoms with van der Waals surface area (Å²) in [4.78, 5) is 21.1. The summed E-state index contributed by atoms with van der Waals surface area (Å²) in [5.41, 5.74) is 5.12. The number of hydrogen-bond acceptors (Lipinski definition) is 4. The van der Waals surface area contributed by atoms with Gasteiger partial charge in [-0.1, -0.05) is 24.3 Å². The fourth-order valence-electron chi connectivity index (χ4n) is 3.89. The molecule has 4 nitrogen and oxygen atoms in total. The van der Waals surface area contributed by atoms with Crippen LogP contribution < -0.4 is 0 Å². The maximum absolute atomic E-state index is 12.4. The Morgan fingerprint density at radius 1 is 1.22 bits per heavy atom. The van der Waals surface area contributed by atoms with Crippen molar-refractivity contribution in [1.29, 1.82) is 0 Å². The molecule has 2 aliphatic rings. The minimum absolute atomic E-state index is 0.103. The first kappa shape index (κ1) is 14.8. The number of aromatic nitrogens is 1. The summed E-state index contributed by atoms with van der Waals surface area (Å²) in [6.45, 7) is 7.16. The van der Waals surface area contributed by atoms with Crippen molar-refractivity contribution in [3.8, 4) is 0 Å². The zero-order valence-corrected chi connectivity index (χ0v) is 14.1. The number of hydrogen-bond donors (Lipinski definition) is 0. The Balaban J connectivity index is 1.37. The molecular weight excluding hydrogens is 306 g/mol. The Bertz CT molecular complexity index is 686. The Labute approximate surface area is 140 Å². The molecule has 23 heavy (non-hydrogen) atoms. The van der Waals surface area contributed by atoms with E-state index in [4.69, 9.17) is 0 Å². The molecular formula is C18H21N3OS. The van der Waals surface area contributed by atoms with Crippen LogP contribution in [0.1, 0.15) is 21.6 Å². The van der Waals surface area contributed by atoms with Gasteiger partial charge < -0.3 is 4.90 Å². The second kappa shape index (κ2) is 6.06. The molecule has 1 amide bonds. The third-order valence-electron chi connectivity index (χ3n) is 5.16. The van der Waals surface area contributed by atoms with Crippen LogP contribution in [0, 0.1) is 18.8 Å². The molecule has 5 heteroatoms. The molecule has 120 valence electrons.